The molecule has 0 unspecified atom stereocenters. The Bertz CT molecular complexity index is 702. The van der Waals surface area contributed by atoms with E-state index in [4.69, 9.17) is 10.00 Å². The van der Waals surface area contributed by atoms with E-state index in [1.165, 1.54) is 12.1 Å². The zero-order chi connectivity index (χ0) is 14.5. The highest BCUT2D eigenvalue weighted by atomic mass is 32.1. The predicted octanol–water partition coefficient (Wildman–Crippen LogP) is 2.88. The smallest absolute Gasteiger partial charge is 0.348 e. The van der Waals surface area contributed by atoms with Gasteiger partial charge in [-0.1, -0.05) is 29.5 Å². The van der Waals surface area contributed by atoms with E-state index in [0.29, 0.717) is 11.1 Å². The van der Waals surface area contributed by atoms with Crippen LogP contribution in [0, 0.1) is 21.4 Å². The van der Waals surface area contributed by atoms with Crippen LogP contribution in [0.1, 0.15) is 20.8 Å². The molecular formula is C13H8N2O4S. The molecule has 7 heteroatoms. The van der Waals surface area contributed by atoms with E-state index in [1.807, 2.05) is 6.07 Å². The number of nitro groups is 1. The lowest BCUT2D eigenvalue weighted by Gasteiger charge is -2.04. The molecule has 0 aliphatic carbocycles. The fraction of sp³-hybridized carbons (Fsp3) is 0.0769. The van der Waals surface area contributed by atoms with E-state index < -0.39 is 10.9 Å². The SMILES string of the molecule is N#Cc1ccccc1COC(=O)c1ccc([N+](=O)[O-])s1. The van der Waals surface area contributed by atoms with Gasteiger partial charge in [-0.15, -0.1) is 0 Å². The first-order chi connectivity index (χ1) is 9.61. The van der Waals surface area contributed by atoms with Crippen LogP contribution >= 0.6 is 11.3 Å². The Morgan fingerprint density at radius 2 is 2.10 bits per heavy atom. The van der Waals surface area contributed by atoms with Crippen LogP contribution in [0.3, 0.4) is 0 Å². The van der Waals surface area contributed by atoms with Crippen molar-refractivity contribution in [2.45, 2.75) is 6.61 Å². The summed E-state index contributed by atoms with van der Waals surface area (Å²) in [6.45, 7) is -0.0474. The third-order valence-electron chi connectivity index (χ3n) is 2.47. The third-order valence-corrected chi connectivity index (χ3v) is 3.49. The second kappa shape index (κ2) is 5.95. The Kier molecular flexibility index (Phi) is 4.08. The number of hydrogen-bond donors (Lipinski definition) is 0. The number of hydrogen-bond acceptors (Lipinski definition) is 6. The number of benzene rings is 1. The maximum Gasteiger partial charge on any atom is 0.348 e. The van der Waals surface area contributed by atoms with E-state index in [2.05, 4.69) is 0 Å². The second-order valence-corrected chi connectivity index (χ2v) is 4.80. The van der Waals surface area contributed by atoms with Crippen LogP contribution < -0.4 is 0 Å². The van der Waals surface area contributed by atoms with Crippen molar-refractivity contribution in [3.8, 4) is 6.07 Å². The molecule has 1 heterocycles. The van der Waals surface area contributed by atoms with Crippen LogP contribution in [-0.2, 0) is 11.3 Å². The van der Waals surface area contributed by atoms with Gasteiger partial charge in [0.05, 0.1) is 16.6 Å². The highest BCUT2D eigenvalue weighted by Crippen LogP contribution is 2.24. The highest BCUT2D eigenvalue weighted by Gasteiger charge is 2.16. The minimum absolute atomic E-state index is 0.0474. The lowest BCUT2D eigenvalue weighted by molar-refractivity contribution is -0.380. The van der Waals surface area contributed by atoms with Gasteiger partial charge in [-0.05, 0) is 12.1 Å². The summed E-state index contributed by atoms with van der Waals surface area (Å²) >= 11 is 0.756. The molecule has 20 heavy (non-hydrogen) atoms. The normalized spacial score (nSPS) is 9.75. The number of nitriles is 1. The fourth-order valence-corrected chi connectivity index (χ4v) is 2.22. The molecule has 2 rings (SSSR count). The Hall–Kier alpha value is -2.72. The first kappa shape index (κ1) is 13.7. The quantitative estimate of drug-likeness (QED) is 0.490. The van der Waals surface area contributed by atoms with Crippen molar-refractivity contribution >= 4 is 22.3 Å². The van der Waals surface area contributed by atoms with Crippen molar-refractivity contribution < 1.29 is 14.5 Å². The summed E-state index contributed by atoms with van der Waals surface area (Å²) in [6, 6.07) is 11.4. The number of esters is 1. The molecule has 0 aliphatic heterocycles. The monoisotopic (exact) mass is 288 g/mol. The van der Waals surface area contributed by atoms with E-state index in [-0.39, 0.29) is 16.5 Å². The minimum Gasteiger partial charge on any atom is -0.457 e. The summed E-state index contributed by atoms with van der Waals surface area (Å²) in [5.74, 6) is -0.643. The van der Waals surface area contributed by atoms with Gasteiger partial charge in [-0.2, -0.15) is 5.26 Å². The van der Waals surface area contributed by atoms with Gasteiger partial charge in [0.15, 0.2) is 0 Å². The standard InChI is InChI=1S/C13H8N2O4S/c14-7-9-3-1-2-4-10(9)8-19-13(16)11-5-6-12(20-11)15(17)18/h1-6H,8H2. The first-order valence-electron chi connectivity index (χ1n) is 5.51. The summed E-state index contributed by atoms with van der Waals surface area (Å²) in [4.78, 5) is 21.9. The average molecular weight is 288 g/mol. The number of nitrogens with zero attached hydrogens (tertiary/aromatic N) is 2. The largest absolute Gasteiger partial charge is 0.457 e. The summed E-state index contributed by atoms with van der Waals surface area (Å²) < 4.78 is 5.05. The van der Waals surface area contributed by atoms with Crippen molar-refractivity contribution in [2.75, 3.05) is 0 Å². The molecule has 6 nitrogen and oxygen atoms in total. The Balaban J connectivity index is 2.05. The van der Waals surface area contributed by atoms with Crippen LogP contribution in [0.4, 0.5) is 5.00 Å². The number of rotatable bonds is 4. The van der Waals surface area contributed by atoms with E-state index in [1.54, 1.807) is 24.3 Å². The molecular weight excluding hydrogens is 280 g/mol. The number of carbonyl (C=O) groups is 1. The second-order valence-electron chi connectivity index (χ2n) is 3.74. The molecule has 0 saturated heterocycles. The average Bonchev–Trinajstić information content (AvgIpc) is 2.95. The van der Waals surface area contributed by atoms with Crippen molar-refractivity contribution in [3.05, 3.63) is 62.5 Å². The molecule has 1 aromatic carbocycles. The molecule has 2 aromatic rings. The molecule has 0 spiro atoms. The van der Waals surface area contributed by atoms with Gasteiger partial charge in [-0.3, -0.25) is 10.1 Å². The molecule has 0 N–H and O–H groups in total. The topological polar surface area (TPSA) is 93.2 Å². The Morgan fingerprint density at radius 1 is 1.35 bits per heavy atom. The van der Waals surface area contributed by atoms with Gasteiger partial charge in [0.25, 0.3) is 0 Å². The summed E-state index contributed by atoms with van der Waals surface area (Å²) in [7, 11) is 0. The Labute approximate surface area is 118 Å². The van der Waals surface area contributed by atoms with Crippen LogP contribution in [0.5, 0.6) is 0 Å². The van der Waals surface area contributed by atoms with Crippen LogP contribution in [0.15, 0.2) is 36.4 Å². The van der Waals surface area contributed by atoms with Crippen LogP contribution in [0.25, 0.3) is 0 Å². The molecule has 100 valence electrons. The molecule has 1 aromatic heterocycles. The number of thiophene rings is 1. The molecule has 0 aliphatic rings. The summed E-state index contributed by atoms with van der Waals surface area (Å²) in [5.41, 5.74) is 1.02. The van der Waals surface area contributed by atoms with Gasteiger partial charge in [0, 0.05) is 11.6 Å². The lowest BCUT2D eigenvalue weighted by atomic mass is 10.1. The highest BCUT2D eigenvalue weighted by molar-refractivity contribution is 7.17. The molecule has 0 bridgehead atoms. The zero-order valence-electron chi connectivity index (χ0n) is 10.1. The molecule has 0 radical (unpaired) electrons. The number of carbonyl (C=O) groups excluding carboxylic acids is 1. The zero-order valence-corrected chi connectivity index (χ0v) is 10.9. The van der Waals surface area contributed by atoms with Gasteiger partial charge in [0.2, 0.25) is 0 Å². The maximum atomic E-state index is 11.7. The lowest BCUT2D eigenvalue weighted by Crippen LogP contribution is -2.04. The summed E-state index contributed by atoms with van der Waals surface area (Å²) in [5, 5.41) is 19.3. The predicted molar refractivity (Wildman–Crippen MR) is 71.2 cm³/mol. The third kappa shape index (κ3) is 2.99. The molecule has 0 saturated carbocycles. The van der Waals surface area contributed by atoms with Crippen molar-refractivity contribution in [1.82, 2.24) is 0 Å². The molecule has 0 atom stereocenters. The molecule has 0 fully saturated rings. The molecule has 0 amide bonds. The van der Waals surface area contributed by atoms with E-state index in [9.17, 15) is 14.9 Å². The number of ether oxygens (including phenoxy) is 1. The van der Waals surface area contributed by atoms with Crippen molar-refractivity contribution in [1.29, 1.82) is 5.26 Å². The van der Waals surface area contributed by atoms with Gasteiger partial charge in [-0.25, -0.2) is 4.79 Å². The van der Waals surface area contributed by atoms with E-state index in [0.717, 1.165) is 11.3 Å². The van der Waals surface area contributed by atoms with Crippen molar-refractivity contribution in [2.24, 2.45) is 0 Å². The van der Waals surface area contributed by atoms with E-state index >= 15 is 0 Å². The van der Waals surface area contributed by atoms with Crippen LogP contribution in [-0.4, -0.2) is 10.9 Å². The van der Waals surface area contributed by atoms with Crippen LogP contribution in [0.2, 0.25) is 0 Å². The van der Waals surface area contributed by atoms with Gasteiger partial charge < -0.3 is 4.74 Å². The minimum atomic E-state index is -0.643. The Morgan fingerprint density at radius 3 is 2.75 bits per heavy atom. The summed E-state index contributed by atoms with van der Waals surface area (Å²) in [6.07, 6.45) is 0. The first-order valence-corrected chi connectivity index (χ1v) is 6.33. The van der Waals surface area contributed by atoms with Gasteiger partial charge >= 0.3 is 11.0 Å². The van der Waals surface area contributed by atoms with Gasteiger partial charge in [0.1, 0.15) is 11.5 Å². The van der Waals surface area contributed by atoms with Crippen molar-refractivity contribution in [3.63, 3.8) is 0 Å². The maximum absolute atomic E-state index is 11.7. The fourth-order valence-electron chi connectivity index (χ4n) is 1.51.